The average Bonchev–Trinajstić information content (AvgIpc) is 2.65. The van der Waals surface area contributed by atoms with Crippen LogP contribution in [0, 0.1) is 6.92 Å². The highest BCUT2D eigenvalue weighted by Crippen LogP contribution is 2.43. The highest BCUT2D eigenvalue weighted by molar-refractivity contribution is 7.18. The SMILES string of the molecule is Cc1c(-c2ccccc2C(F)(F)F)sc(C(=O)O)c1N. The summed E-state index contributed by atoms with van der Waals surface area (Å²) in [5, 5.41) is 8.99. The summed E-state index contributed by atoms with van der Waals surface area (Å²) in [6, 6.07) is 5.04. The Bertz CT molecular complexity index is 677. The third-order valence-electron chi connectivity index (χ3n) is 2.86. The molecule has 1 aromatic carbocycles. The Kier molecular flexibility index (Phi) is 3.47. The first-order chi connectivity index (χ1) is 9.23. The van der Waals surface area contributed by atoms with Crippen molar-refractivity contribution in [2.75, 3.05) is 5.73 Å². The molecule has 0 bridgehead atoms. The molecule has 2 rings (SSSR count). The van der Waals surface area contributed by atoms with Crippen molar-refractivity contribution in [2.45, 2.75) is 13.1 Å². The molecule has 0 aliphatic carbocycles. The molecule has 1 aromatic heterocycles. The molecule has 3 N–H and O–H groups in total. The van der Waals surface area contributed by atoms with Gasteiger partial charge >= 0.3 is 12.1 Å². The van der Waals surface area contributed by atoms with Crippen molar-refractivity contribution in [2.24, 2.45) is 0 Å². The van der Waals surface area contributed by atoms with E-state index in [1.54, 1.807) is 0 Å². The normalized spacial score (nSPS) is 11.6. The van der Waals surface area contributed by atoms with Crippen LogP contribution in [0.4, 0.5) is 18.9 Å². The Morgan fingerprint density at radius 3 is 2.40 bits per heavy atom. The van der Waals surface area contributed by atoms with Crippen LogP contribution in [-0.2, 0) is 6.18 Å². The van der Waals surface area contributed by atoms with Gasteiger partial charge in [-0.1, -0.05) is 18.2 Å². The number of carboxylic acid groups (broad SMARTS) is 1. The van der Waals surface area contributed by atoms with Crippen LogP contribution in [0.15, 0.2) is 24.3 Å². The van der Waals surface area contributed by atoms with Crippen LogP contribution in [0.2, 0.25) is 0 Å². The molecule has 20 heavy (non-hydrogen) atoms. The van der Waals surface area contributed by atoms with Gasteiger partial charge in [-0.3, -0.25) is 0 Å². The minimum absolute atomic E-state index is 0.00878. The fraction of sp³-hybridized carbons (Fsp3) is 0.154. The molecule has 7 heteroatoms. The molecule has 2 aromatic rings. The van der Waals surface area contributed by atoms with Gasteiger partial charge in [0.15, 0.2) is 0 Å². The van der Waals surface area contributed by atoms with Crippen LogP contribution in [0.1, 0.15) is 20.8 Å². The lowest BCUT2D eigenvalue weighted by Crippen LogP contribution is -2.06. The predicted molar refractivity (Wildman–Crippen MR) is 70.9 cm³/mol. The molecule has 0 saturated heterocycles. The van der Waals surface area contributed by atoms with E-state index in [2.05, 4.69) is 0 Å². The number of hydrogen-bond acceptors (Lipinski definition) is 3. The van der Waals surface area contributed by atoms with Crippen LogP contribution in [-0.4, -0.2) is 11.1 Å². The van der Waals surface area contributed by atoms with Crippen molar-refractivity contribution >= 4 is 23.0 Å². The lowest BCUT2D eigenvalue weighted by atomic mass is 10.0. The predicted octanol–water partition coefficient (Wildman–Crippen LogP) is 4.02. The Morgan fingerprint density at radius 2 is 1.90 bits per heavy atom. The van der Waals surface area contributed by atoms with E-state index >= 15 is 0 Å². The Balaban J connectivity index is 2.70. The van der Waals surface area contributed by atoms with E-state index in [4.69, 9.17) is 10.8 Å². The number of benzene rings is 1. The second-order valence-corrected chi connectivity index (χ2v) is 5.17. The number of carboxylic acids is 1. The van der Waals surface area contributed by atoms with Crippen LogP contribution < -0.4 is 5.73 Å². The van der Waals surface area contributed by atoms with Gasteiger partial charge < -0.3 is 10.8 Å². The zero-order valence-corrected chi connectivity index (χ0v) is 11.1. The van der Waals surface area contributed by atoms with Crippen molar-refractivity contribution in [3.63, 3.8) is 0 Å². The molecule has 1 heterocycles. The summed E-state index contributed by atoms with van der Waals surface area (Å²) >= 11 is 0.753. The number of anilines is 1. The maximum absolute atomic E-state index is 13.0. The van der Waals surface area contributed by atoms with E-state index in [1.165, 1.54) is 25.1 Å². The first-order valence-electron chi connectivity index (χ1n) is 5.52. The molecule has 0 unspecified atom stereocenters. The van der Waals surface area contributed by atoms with E-state index in [-0.39, 0.29) is 21.0 Å². The molecule has 106 valence electrons. The summed E-state index contributed by atoms with van der Waals surface area (Å²) in [7, 11) is 0. The van der Waals surface area contributed by atoms with E-state index in [1.807, 2.05) is 0 Å². The number of carbonyl (C=O) groups is 1. The average molecular weight is 301 g/mol. The van der Waals surface area contributed by atoms with Crippen molar-refractivity contribution in [1.29, 1.82) is 0 Å². The summed E-state index contributed by atoms with van der Waals surface area (Å²) < 4.78 is 39.0. The highest BCUT2D eigenvalue weighted by Gasteiger charge is 2.34. The maximum atomic E-state index is 13.0. The van der Waals surface area contributed by atoms with Crippen molar-refractivity contribution in [3.05, 3.63) is 40.3 Å². The summed E-state index contributed by atoms with van der Waals surface area (Å²) in [5.41, 5.74) is 5.15. The van der Waals surface area contributed by atoms with Crippen LogP contribution in [0.3, 0.4) is 0 Å². The lowest BCUT2D eigenvalue weighted by Gasteiger charge is -2.12. The van der Waals surface area contributed by atoms with Crippen LogP contribution in [0.25, 0.3) is 10.4 Å². The number of nitrogens with two attached hydrogens (primary N) is 1. The topological polar surface area (TPSA) is 63.3 Å². The molecule has 0 atom stereocenters. The quantitative estimate of drug-likeness (QED) is 0.880. The second-order valence-electron chi connectivity index (χ2n) is 4.15. The standard InChI is InChI=1S/C13H10F3NO2S/c1-6-9(17)11(12(18)19)20-10(6)7-4-2-3-5-8(7)13(14,15)16/h2-5H,17H2,1H3,(H,18,19). The Hall–Kier alpha value is -2.02. The number of hydrogen-bond donors (Lipinski definition) is 2. The van der Waals surface area contributed by atoms with Crippen molar-refractivity contribution < 1.29 is 23.1 Å². The minimum Gasteiger partial charge on any atom is -0.477 e. The Labute approximate surface area is 116 Å². The van der Waals surface area contributed by atoms with Gasteiger partial charge in [-0.2, -0.15) is 13.2 Å². The van der Waals surface area contributed by atoms with Gasteiger partial charge in [-0.15, -0.1) is 11.3 Å². The first kappa shape index (κ1) is 14.4. The summed E-state index contributed by atoms with van der Waals surface area (Å²) in [6.45, 7) is 1.51. The van der Waals surface area contributed by atoms with Gasteiger partial charge in [0.2, 0.25) is 0 Å². The number of aromatic carboxylic acids is 1. The monoisotopic (exact) mass is 301 g/mol. The fourth-order valence-electron chi connectivity index (χ4n) is 1.87. The molecule has 0 radical (unpaired) electrons. The van der Waals surface area contributed by atoms with E-state index in [0.29, 0.717) is 5.56 Å². The number of nitrogen functional groups attached to an aromatic ring is 1. The zero-order chi connectivity index (χ0) is 15.1. The lowest BCUT2D eigenvalue weighted by molar-refractivity contribution is -0.137. The van der Waals surface area contributed by atoms with Gasteiger partial charge in [0.25, 0.3) is 0 Å². The fourth-order valence-corrected chi connectivity index (χ4v) is 2.98. The molecule has 0 aliphatic heterocycles. The largest absolute Gasteiger partial charge is 0.477 e. The van der Waals surface area contributed by atoms with E-state index < -0.39 is 17.7 Å². The molecular weight excluding hydrogens is 291 g/mol. The number of halogens is 3. The van der Waals surface area contributed by atoms with Crippen LogP contribution in [0.5, 0.6) is 0 Å². The number of thiophene rings is 1. The van der Waals surface area contributed by atoms with Gasteiger partial charge in [0, 0.05) is 10.4 Å². The molecular formula is C13H10F3NO2S. The van der Waals surface area contributed by atoms with Crippen LogP contribution >= 0.6 is 11.3 Å². The summed E-state index contributed by atoms with van der Waals surface area (Å²) in [5.74, 6) is -1.24. The van der Waals surface area contributed by atoms with Crippen molar-refractivity contribution in [1.82, 2.24) is 0 Å². The van der Waals surface area contributed by atoms with Crippen molar-refractivity contribution in [3.8, 4) is 10.4 Å². The number of rotatable bonds is 2. The molecule has 0 fully saturated rings. The Morgan fingerprint density at radius 1 is 1.30 bits per heavy atom. The first-order valence-corrected chi connectivity index (χ1v) is 6.34. The van der Waals surface area contributed by atoms with Gasteiger partial charge in [-0.25, -0.2) is 4.79 Å². The zero-order valence-electron chi connectivity index (χ0n) is 10.3. The molecule has 0 spiro atoms. The summed E-state index contributed by atoms with van der Waals surface area (Å²) in [4.78, 5) is 11.1. The number of alkyl halides is 3. The van der Waals surface area contributed by atoms with Gasteiger partial charge in [0.1, 0.15) is 4.88 Å². The van der Waals surface area contributed by atoms with Gasteiger partial charge in [-0.05, 0) is 18.6 Å². The molecule has 3 nitrogen and oxygen atoms in total. The second kappa shape index (κ2) is 4.82. The van der Waals surface area contributed by atoms with Gasteiger partial charge in [0.05, 0.1) is 11.3 Å². The highest BCUT2D eigenvalue weighted by atomic mass is 32.1. The van der Waals surface area contributed by atoms with E-state index in [9.17, 15) is 18.0 Å². The summed E-state index contributed by atoms with van der Waals surface area (Å²) in [6.07, 6.45) is -4.51. The molecule has 0 aliphatic rings. The third kappa shape index (κ3) is 2.36. The van der Waals surface area contributed by atoms with E-state index in [0.717, 1.165) is 17.4 Å². The molecule has 0 saturated carbocycles. The molecule has 0 amide bonds. The minimum atomic E-state index is -4.51. The third-order valence-corrected chi connectivity index (χ3v) is 4.19. The smallest absolute Gasteiger partial charge is 0.417 e. The maximum Gasteiger partial charge on any atom is 0.417 e.